The van der Waals surface area contributed by atoms with Crippen molar-refractivity contribution in [3.8, 4) is 6.07 Å². The average Bonchev–Trinajstić information content (AvgIpc) is 2.82. The minimum Gasteiger partial charge on any atom is -0.295 e. The highest BCUT2D eigenvalue weighted by Crippen LogP contribution is 2.20. The van der Waals surface area contributed by atoms with Crippen molar-refractivity contribution in [2.45, 2.75) is 26.7 Å². The summed E-state index contributed by atoms with van der Waals surface area (Å²) in [5.74, 6) is 0.362. The van der Waals surface area contributed by atoms with Gasteiger partial charge in [0.25, 0.3) is 0 Å². The summed E-state index contributed by atoms with van der Waals surface area (Å²) < 4.78 is 3.06. The van der Waals surface area contributed by atoms with Crippen molar-refractivity contribution in [2.75, 3.05) is 0 Å². The number of aryl methyl sites for hydroxylation is 1. The van der Waals surface area contributed by atoms with Crippen LogP contribution in [0.1, 0.15) is 26.7 Å². The Hall–Kier alpha value is -2.87. The summed E-state index contributed by atoms with van der Waals surface area (Å²) in [6, 6.07) is 9.63. The van der Waals surface area contributed by atoms with Gasteiger partial charge >= 0.3 is 5.69 Å². The fourth-order valence-electron chi connectivity index (χ4n) is 2.35. The standard InChI is InChI=1S/C18H20N4O/c1-4-6-12-20-17(14(13-19)9-5-2)22-16-11-8-7-10-15(16)21(3)18(22)23/h5,7-12H,4,6H2,1-3H3/b9-5-,17-14-,20-12+. The van der Waals surface area contributed by atoms with E-state index in [1.807, 2.05) is 31.2 Å². The molecule has 1 aromatic heterocycles. The second-order valence-corrected chi connectivity index (χ2v) is 5.12. The summed E-state index contributed by atoms with van der Waals surface area (Å²) in [6.45, 7) is 3.88. The van der Waals surface area contributed by atoms with E-state index in [1.54, 1.807) is 30.0 Å². The number of rotatable bonds is 5. The zero-order valence-corrected chi connectivity index (χ0v) is 13.7. The van der Waals surface area contributed by atoms with Crippen LogP contribution < -0.4 is 5.69 Å². The predicted molar refractivity (Wildman–Crippen MR) is 94.2 cm³/mol. The number of imidazole rings is 1. The number of hydrogen-bond donors (Lipinski definition) is 0. The van der Waals surface area contributed by atoms with Crippen LogP contribution in [-0.2, 0) is 7.05 Å². The zero-order valence-electron chi connectivity index (χ0n) is 13.7. The van der Waals surface area contributed by atoms with Crippen molar-refractivity contribution >= 4 is 23.1 Å². The molecule has 0 saturated heterocycles. The summed E-state index contributed by atoms with van der Waals surface area (Å²) in [5.41, 5.74) is 1.68. The number of fused-ring (bicyclic) bond motifs is 1. The van der Waals surface area contributed by atoms with Crippen LogP contribution in [0.3, 0.4) is 0 Å². The van der Waals surface area contributed by atoms with Gasteiger partial charge in [-0.3, -0.25) is 4.57 Å². The van der Waals surface area contributed by atoms with Crippen molar-refractivity contribution < 1.29 is 0 Å². The molecule has 0 aliphatic rings. The number of nitrogens with zero attached hydrogens (tertiary/aromatic N) is 4. The maximum absolute atomic E-state index is 12.7. The first kappa shape index (κ1) is 16.5. The van der Waals surface area contributed by atoms with Crippen LogP contribution >= 0.6 is 0 Å². The van der Waals surface area contributed by atoms with E-state index < -0.39 is 0 Å². The van der Waals surface area contributed by atoms with Crippen LogP contribution in [0.5, 0.6) is 0 Å². The van der Waals surface area contributed by atoms with Crippen LogP contribution in [0.25, 0.3) is 16.9 Å². The molecule has 1 aromatic carbocycles. The molecule has 0 saturated carbocycles. The maximum Gasteiger partial charge on any atom is 0.334 e. The second kappa shape index (κ2) is 7.41. The molecule has 0 spiro atoms. The topological polar surface area (TPSA) is 63.1 Å². The molecule has 5 heteroatoms. The van der Waals surface area contributed by atoms with Gasteiger partial charge in [0.05, 0.1) is 16.6 Å². The third-order valence-corrected chi connectivity index (χ3v) is 3.50. The summed E-state index contributed by atoms with van der Waals surface area (Å²) in [5, 5.41) is 9.46. The molecule has 1 heterocycles. The van der Waals surface area contributed by atoms with Crippen molar-refractivity contribution in [1.82, 2.24) is 9.13 Å². The van der Waals surface area contributed by atoms with Crippen molar-refractivity contribution in [3.63, 3.8) is 0 Å². The van der Waals surface area contributed by atoms with Gasteiger partial charge in [0, 0.05) is 13.3 Å². The van der Waals surface area contributed by atoms with E-state index in [2.05, 4.69) is 18.0 Å². The lowest BCUT2D eigenvalue weighted by molar-refractivity contribution is 0.847. The lowest BCUT2D eigenvalue weighted by Crippen LogP contribution is -2.22. The van der Waals surface area contributed by atoms with Crippen LogP contribution in [0.2, 0.25) is 0 Å². The highest BCUT2D eigenvalue weighted by molar-refractivity contribution is 5.82. The maximum atomic E-state index is 12.7. The van der Waals surface area contributed by atoms with E-state index in [-0.39, 0.29) is 5.69 Å². The molecule has 0 radical (unpaired) electrons. The lowest BCUT2D eigenvalue weighted by atomic mass is 10.2. The SMILES string of the molecule is C\C=C/C(C#N)=C(\N=C\CCC)n1c(=O)n(C)c2ccccc21. The molecule has 0 aliphatic heterocycles. The Morgan fingerprint density at radius 2 is 2.04 bits per heavy atom. The number of unbranched alkanes of at least 4 members (excludes halogenated alkanes) is 1. The normalized spacial score (nSPS) is 13.0. The molecule has 0 amide bonds. The number of nitriles is 1. The smallest absolute Gasteiger partial charge is 0.295 e. The fraction of sp³-hybridized carbons (Fsp3) is 0.278. The van der Waals surface area contributed by atoms with E-state index in [0.717, 1.165) is 23.9 Å². The number of aromatic nitrogens is 2. The van der Waals surface area contributed by atoms with E-state index in [9.17, 15) is 10.1 Å². The lowest BCUT2D eigenvalue weighted by Gasteiger charge is -2.05. The number of hydrogen-bond acceptors (Lipinski definition) is 3. The Bertz CT molecular complexity index is 888. The van der Waals surface area contributed by atoms with E-state index in [4.69, 9.17) is 0 Å². The van der Waals surface area contributed by atoms with Crippen LogP contribution in [0, 0.1) is 11.3 Å². The van der Waals surface area contributed by atoms with Gasteiger partial charge in [-0.05, 0) is 31.6 Å². The Labute approximate surface area is 135 Å². The monoisotopic (exact) mass is 308 g/mol. The molecule has 2 rings (SSSR count). The molecular weight excluding hydrogens is 288 g/mol. The summed E-state index contributed by atoms with van der Waals surface area (Å²) >= 11 is 0. The number of para-hydroxylation sites is 2. The molecule has 5 nitrogen and oxygen atoms in total. The van der Waals surface area contributed by atoms with Crippen molar-refractivity contribution in [3.05, 3.63) is 52.5 Å². The van der Waals surface area contributed by atoms with Gasteiger partial charge in [-0.15, -0.1) is 0 Å². The molecule has 0 fully saturated rings. The number of aliphatic imine (C=N–C) groups is 1. The van der Waals surface area contributed by atoms with Crippen LogP contribution in [0.15, 0.2) is 51.8 Å². The third-order valence-electron chi connectivity index (χ3n) is 3.50. The van der Waals surface area contributed by atoms with Crippen LogP contribution in [-0.4, -0.2) is 15.3 Å². The zero-order chi connectivity index (χ0) is 16.8. The Balaban J connectivity index is 2.83. The molecule has 0 bridgehead atoms. The quantitative estimate of drug-likeness (QED) is 0.482. The first-order chi connectivity index (χ1) is 11.2. The molecule has 0 unspecified atom stereocenters. The van der Waals surface area contributed by atoms with Gasteiger partial charge in [0.15, 0.2) is 5.82 Å². The first-order valence-electron chi connectivity index (χ1n) is 7.62. The minimum absolute atomic E-state index is 0.216. The van der Waals surface area contributed by atoms with Gasteiger partial charge in [0.1, 0.15) is 6.07 Å². The van der Waals surface area contributed by atoms with Crippen molar-refractivity contribution in [2.24, 2.45) is 12.0 Å². The summed E-state index contributed by atoms with van der Waals surface area (Å²) in [6.07, 6.45) is 6.94. The van der Waals surface area contributed by atoms with Gasteiger partial charge in [-0.1, -0.05) is 31.6 Å². The third kappa shape index (κ3) is 3.16. The first-order valence-corrected chi connectivity index (χ1v) is 7.62. The Morgan fingerprint density at radius 1 is 1.35 bits per heavy atom. The fourth-order valence-corrected chi connectivity index (χ4v) is 2.35. The largest absolute Gasteiger partial charge is 0.334 e. The van der Waals surface area contributed by atoms with E-state index in [1.165, 1.54) is 4.57 Å². The van der Waals surface area contributed by atoms with E-state index >= 15 is 0 Å². The molecule has 118 valence electrons. The molecule has 0 N–H and O–H groups in total. The predicted octanol–water partition coefficient (Wildman–Crippen LogP) is 3.48. The number of benzene rings is 1. The molecular formula is C18H20N4O. The van der Waals surface area contributed by atoms with Gasteiger partial charge < -0.3 is 0 Å². The highest BCUT2D eigenvalue weighted by Gasteiger charge is 2.15. The van der Waals surface area contributed by atoms with Gasteiger partial charge in [-0.2, -0.15) is 5.26 Å². The minimum atomic E-state index is -0.216. The second-order valence-electron chi connectivity index (χ2n) is 5.12. The van der Waals surface area contributed by atoms with E-state index in [0.29, 0.717) is 11.4 Å². The Kier molecular flexibility index (Phi) is 5.32. The summed E-state index contributed by atoms with van der Waals surface area (Å²) in [7, 11) is 1.72. The Morgan fingerprint density at radius 3 is 2.65 bits per heavy atom. The number of allylic oxidation sites excluding steroid dienone is 3. The molecule has 2 aromatic rings. The molecule has 0 aliphatic carbocycles. The van der Waals surface area contributed by atoms with Crippen molar-refractivity contribution in [1.29, 1.82) is 5.26 Å². The molecule has 0 atom stereocenters. The molecule has 23 heavy (non-hydrogen) atoms. The van der Waals surface area contributed by atoms with Gasteiger partial charge in [-0.25, -0.2) is 14.4 Å². The van der Waals surface area contributed by atoms with Gasteiger partial charge in [0.2, 0.25) is 0 Å². The van der Waals surface area contributed by atoms with Crippen LogP contribution in [0.4, 0.5) is 0 Å². The highest BCUT2D eigenvalue weighted by atomic mass is 16.1. The summed E-state index contributed by atoms with van der Waals surface area (Å²) in [4.78, 5) is 17.1. The average molecular weight is 308 g/mol.